The summed E-state index contributed by atoms with van der Waals surface area (Å²) in [6.45, 7) is 2.24. The molecule has 76 valence electrons. The van der Waals surface area contributed by atoms with E-state index in [2.05, 4.69) is 6.92 Å². The molecule has 1 aliphatic carbocycles. The zero-order valence-electron chi connectivity index (χ0n) is 8.85. The van der Waals surface area contributed by atoms with Gasteiger partial charge in [-0.3, -0.25) is 4.79 Å². The summed E-state index contributed by atoms with van der Waals surface area (Å²) in [4.78, 5) is 11.0. The van der Waals surface area contributed by atoms with Crippen molar-refractivity contribution in [3.63, 3.8) is 0 Å². The van der Waals surface area contributed by atoms with Crippen LogP contribution in [0.25, 0.3) is 0 Å². The normalized spacial score (nSPS) is 21.6. The van der Waals surface area contributed by atoms with Gasteiger partial charge in [0.1, 0.15) is 5.78 Å². The summed E-state index contributed by atoms with van der Waals surface area (Å²) < 4.78 is 0. The highest BCUT2D eigenvalue weighted by Crippen LogP contribution is 2.27. The number of unbranched alkanes of at least 4 members (excludes halogenated alkanes) is 5. The maximum atomic E-state index is 11.0. The van der Waals surface area contributed by atoms with E-state index in [4.69, 9.17) is 0 Å². The summed E-state index contributed by atoms with van der Waals surface area (Å²) in [6.07, 6.45) is 11.3. The second-order valence-corrected chi connectivity index (χ2v) is 4.26. The number of ketones is 1. The molecule has 0 radical (unpaired) electrons. The molecule has 0 aromatic carbocycles. The second kappa shape index (κ2) is 6.17. The van der Waals surface area contributed by atoms with E-state index >= 15 is 0 Å². The van der Waals surface area contributed by atoms with Crippen LogP contribution in [0.3, 0.4) is 0 Å². The summed E-state index contributed by atoms with van der Waals surface area (Å²) in [5.74, 6) is 0.986. The third kappa shape index (κ3) is 3.93. The van der Waals surface area contributed by atoms with Crippen LogP contribution >= 0.6 is 0 Å². The topological polar surface area (TPSA) is 17.1 Å². The Morgan fingerprint density at radius 3 is 2.38 bits per heavy atom. The van der Waals surface area contributed by atoms with Gasteiger partial charge in [0.25, 0.3) is 0 Å². The van der Waals surface area contributed by atoms with E-state index in [9.17, 15) is 4.79 Å². The van der Waals surface area contributed by atoms with Gasteiger partial charge in [0.2, 0.25) is 0 Å². The molecule has 0 heterocycles. The average molecular weight is 182 g/mol. The lowest BCUT2D eigenvalue weighted by atomic mass is 9.80. The molecular weight excluding hydrogens is 160 g/mol. The van der Waals surface area contributed by atoms with Gasteiger partial charge in [-0.2, -0.15) is 0 Å². The van der Waals surface area contributed by atoms with Gasteiger partial charge in [-0.15, -0.1) is 0 Å². The molecule has 0 N–H and O–H groups in total. The Morgan fingerprint density at radius 1 is 1.15 bits per heavy atom. The van der Waals surface area contributed by atoms with Crippen molar-refractivity contribution in [2.75, 3.05) is 0 Å². The lowest BCUT2D eigenvalue weighted by Gasteiger charge is -2.23. The van der Waals surface area contributed by atoms with Gasteiger partial charge in [-0.05, 0) is 12.8 Å². The van der Waals surface area contributed by atoms with E-state index in [1.807, 2.05) is 0 Å². The standard InChI is InChI=1S/C12H22O/c1-2-3-4-5-6-7-8-11-9-10-12(11)13/h11H,2-10H2,1H3. The van der Waals surface area contributed by atoms with Gasteiger partial charge >= 0.3 is 0 Å². The quantitative estimate of drug-likeness (QED) is 0.548. The third-order valence-corrected chi connectivity index (χ3v) is 3.10. The first-order valence-corrected chi connectivity index (χ1v) is 5.87. The van der Waals surface area contributed by atoms with Crippen LogP contribution in [0, 0.1) is 5.92 Å². The van der Waals surface area contributed by atoms with E-state index < -0.39 is 0 Å². The van der Waals surface area contributed by atoms with Crippen LogP contribution in [-0.4, -0.2) is 5.78 Å². The molecule has 0 bridgehead atoms. The van der Waals surface area contributed by atoms with Crippen LogP contribution in [0.15, 0.2) is 0 Å². The van der Waals surface area contributed by atoms with E-state index in [0.29, 0.717) is 11.7 Å². The molecule has 1 nitrogen and oxygen atoms in total. The van der Waals surface area contributed by atoms with Gasteiger partial charge in [0.15, 0.2) is 0 Å². The fourth-order valence-corrected chi connectivity index (χ4v) is 1.94. The fourth-order valence-electron chi connectivity index (χ4n) is 1.94. The highest BCUT2D eigenvalue weighted by atomic mass is 16.1. The maximum absolute atomic E-state index is 11.0. The molecule has 0 aromatic rings. The van der Waals surface area contributed by atoms with Gasteiger partial charge < -0.3 is 0 Å². The highest BCUT2D eigenvalue weighted by molar-refractivity contribution is 5.86. The fraction of sp³-hybridized carbons (Fsp3) is 0.917. The molecular formula is C12H22O. The first kappa shape index (κ1) is 10.7. The Labute approximate surface area is 81.9 Å². The Bertz CT molecular complexity index is 151. The smallest absolute Gasteiger partial charge is 0.136 e. The predicted octanol–water partition coefficient (Wildman–Crippen LogP) is 3.72. The van der Waals surface area contributed by atoms with E-state index in [0.717, 1.165) is 6.42 Å². The van der Waals surface area contributed by atoms with Crippen LogP contribution in [0.5, 0.6) is 0 Å². The van der Waals surface area contributed by atoms with Crippen LogP contribution in [0.2, 0.25) is 0 Å². The first-order chi connectivity index (χ1) is 6.34. The molecule has 1 fully saturated rings. The van der Waals surface area contributed by atoms with Crippen molar-refractivity contribution in [1.29, 1.82) is 0 Å². The number of carbonyl (C=O) groups is 1. The summed E-state index contributed by atoms with van der Waals surface area (Å²) in [6, 6.07) is 0. The number of Topliss-reactive ketones (excluding diaryl/α,β-unsaturated/α-hetero) is 1. The third-order valence-electron chi connectivity index (χ3n) is 3.10. The molecule has 0 saturated heterocycles. The molecule has 1 rings (SSSR count). The minimum Gasteiger partial charge on any atom is -0.299 e. The summed E-state index contributed by atoms with van der Waals surface area (Å²) in [5, 5.41) is 0. The number of carbonyl (C=O) groups excluding carboxylic acids is 1. The number of hydrogen-bond acceptors (Lipinski definition) is 1. The molecule has 0 aliphatic heterocycles. The minimum atomic E-state index is 0.464. The van der Waals surface area contributed by atoms with Gasteiger partial charge in [-0.25, -0.2) is 0 Å². The second-order valence-electron chi connectivity index (χ2n) is 4.26. The maximum Gasteiger partial charge on any atom is 0.136 e. The highest BCUT2D eigenvalue weighted by Gasteiger charge is 2.26. The van der Waals surface area contributed by atoms with Crippen molar-refractivity contribution < 1.29 is 4.79 Å². The minimum absolute atomic E-state index is 0.464. The first-order valence-electron chi connectivity index (χ1n) is 5.87. The molecule has 1 unspecified atom stereocenters. The zero-order chi connectivity index (χ0) is 9.52. The lowest BCUT2D eigenvalue weighted by Crippen LogP contribution is -2.25. The number of hydrogen-bond donors (Lipinski definition) is 0. The van der Waals surface area contributed by atoms with Crippen molar-refractivity contribution in [2.24, 2.45) is 5.92 Å². The molecule has 1 atom stereocenters. The lowest BCUT2D eigenvalue weighted by molar-refractivity contribution is -0.129. The molecule has 0 amide bonds. The molecule has 0 aromatic heterocycles. The molecule has 13 heavy (non-hydrogen) atoms. The van der Waals surface area contributed by atoms with Gasteiger partial charge in [0, 0.05) is 12.3 Å². The van der Waals surface area contributed by atoms with Crippen molar-refractivity contribution in [3.8, 4) is 0 Å². The Kier molecular flexibility index (Phi) is 5.10. The predicted molar refractivity (Wildman–Crippen MR) is 55.7 cm³/mol. The van der Waals surface area contributed by atoms with E-state index in [1.54, 1.807) is 0 Å². The largest absolute Gasteiger partial charge is 0.299 e. The van der Waals surface area contributed by atoms with Crippen LogP contribution in [0.4, 0.5) is 0 Å². The Hall–Kier alpha value is -0.330. The van der Waals surface area contributed by atoms with Crippen LogP contribution in [0.1, 0.15) is 64.7 Å². The number of rotatable bonds is 7. The molecule has 1 saturated carbocycles. The SMILES string of the molecule is CCCCCCCCC1CCC1=O. The van der Waals surface area contributed by atoms with Crippen LogP contribution in [-0.2, 0) is 4.79 Å². The molecule has 0 spiro atoms. The average Bonchev–Trinajstić information content (AvgIpc) is 2.14. The van der Waals surface area contributed by atoms with Crippen molar-refractivity contribution in [2.45, 2.75) is 64.7 Å². The summed E-state index contributed by atoms with van der Waals surface area (Å²) >= 11 is 0. The molecule has 1 heteroatoms. The van der Waals surface area contributed by atoms with Crippen LogP contribution < -0.4 is 0 Å². The summed E-state index contributed by atoms with van der Waals surface area (Å²) in [5.41, 5.74) is 0. The Balaban J connectivity index is 1.81. The van der Waals surface area contributed by atoms with Crippen molar-refractivity contribution in [1.82, 2.24) is 0 Å². The molecule has 1 aliphatic rings. The van der Waals surface area contributed by atoms with Crippen molar-refractivity contribution >= 4 is 5.78 Å². The zero-order valence-corrected chi connectivity index (χ0v) is 8.85. The van der Waals surface area contributed by atoms with Gasteiger partial charge in [0.05, 0.1) is 0 Å². The van der Waals surface area contributed by atoms with E-state index in [1.165, 1.54) is 51.4 Å². The van der Waals surface area contributed by atoms with Gasteiger partial charge in [-0.1, -0.05) is 45.4 Å². The summed E-state index contributed by atoms with van der Waals surface area (Å²) in [7, 11) is 0. The monoisotopic (exact) mass is 182 g/mol. The van der Waals surface area contributed by atoms with E-state index in [-0.39, 0.29) is 0 Å². The Morgan fingerprint density at radius 2 is 1.85 bits per heavy atom. The van der Waals surface area contributed by atoms with Crippen molar-refractivity contribution in [3.05, 3.63) is 0 Å².